The van der Waals surface area contributed by atoms with E-state index in [1.54, 1.807) is 24.9 Å². The highest BCUT2D eigenvalue weighted by Crippen LogP contribution is 2.56. The monoisotopic (exact) mass is 579 g/mol. The van der Waals surface area contributed by atoms with Gasteiger partial charge in [-0.3, -0.25) is 9.59 Å². The van der Waals surface area contributed by atoms with Crippen molar-refractivity contribution >= 4 is 23.4 Å². The number of piperidine rings is 1. The molecule has 2 amide bonds. The number of nitrogens with zero attached hydrogens (tertiary/aromatic N) is 3. The molecule has 1 aliphatic heterocycles. The summed E-state index contributed by atoms with van der Waals surface area (Å²) in [5, 5.41) is 0.576. The van der Waals surface area contributed by atoms with E-state index in [1.807, 2.05) is 48.3 Å². The topological polar surface area (TPSA) is 43.9 Å². The molecule has 0 N–H and O–H groups in total. The molecule has 2 atom stereocenters. The molecule has 5 rings (SSSR count). The fourth-order valence-electron chi connectivity index (χ4n) is 6.64. The van der Waals surface area contributed by atoms with Gasteiger partial charge < -0.3 is 14.7 Å². The first-order valence-electron chi connectivity index (χ1n) is 14.1. The van der Waals surface area contributed by atoms with Crippen LogP contribution in [-0.4, -0.2) is 60.2 Å². The molecule has 0 radical (unpaired) electrons. The molecule has 1 aliphatic carbocycles. The Morgan fingerprint density at radius 3 is 2.22 bits per heavy atom. The van der Waals surface area contributed by atoms with Gasteiger partial charge in [0.05, 0.1) is 11.0 Å². The molecule has 0 aromatic heterocycles. The maximum Gasteiger partial charge on any atom is 0.233 e. The first-order chi connectivity index (χ1) is 19.6. The lowest BCUT2D eigenvalue weighted by Crippen LogP contribution is -2.53. The van der Waals surface area contributed by atoms with Crippen LogP contribution in [0.4, 0.5) is 8.78 Å². The fraction of sp³-hybridized carbons (Fsp3) is 0.394. The number of hydrogen-bond donors (Lipinski definition) is 0. The van der Waals surface area contributed by atoms with Crippen LogP contribution in [0.3, 0.4) is 0 Å². The number of carbonyl (C=O) groups is 2. The zero-order valence-corrected chi connectivity index (χ0v) is 24.5. The Morgan fingerprint density at radius 1 is 0.927 bits per heavy atom. The van der Waals surface area contributed by atoms with Crippen LogP contribution in [0, 0.1) is 17.6 Å². The standard InChI is InChI=1S/C33H36ClF2N3O2/c1-23(40)38(3)32(25-10-5-4-6-11-25)15-17-39(18-16-32)22-27-20-33(27,26-13-14-29(35)30(36)19-26)31(41)37(2)21-24-9-7-8-12-28(24)34/h4-14,19,27H,15-18,20-22H2,1-3H3. The molecular formula is C33H36ClF2N3O2. The second kappa shape index (κ2) is 11.5. The highest BCUT2D eigenvalue weighted by molar-refractivity contribution is 6.31. The number of rotatable bonds is 8. The SMILES string of the molecule is CC(=O)N(C)C1(c2ccccc2)CCN(CC2CC2(C(=O)N(C)Cc2ccccc2Cl)c2ccc(F)c(F)c2)CC1. The van der Waals surface area contributed by atoms with Gasteiger partial charge in [-0.1, -0.05) is 66.2 Å². The smallest absolute Gasteiger partial charge is 0.233 e. The number of benzene rings is 3. The normalized spacial score (nSPS) is 21.8. The zero-order valence-electron chi connectivity index (χ0n) is 23.7. The second-order valence-electron chi connectivity index (χ2n) is 11.5. The summed E-state index contributed by atoms with van der Waals surface area (Å²) in [6.07, 6.45) is 2.08. The van der Waals surface area contributed by atoms with Crippen molar-refractivity contribution < 1.29 is 18.4 Å². The lowest BCUT2D eigenvalue weighted by Gasteiger charge is -2.48. The molecule has 2 aliphatic rings. The Morgan fingerprint density at radius 2 is 1.59 bits per heavy atom. The third-order valence-corrected chi connectivity index (χ3v) is 9.59. The highest BCUT2D eigenvalue weighted by Gasteiger charge is 2.62. The molecule has 1 heterocycles. The molecule has 5 nitrogen and oxygen atoms in total. The van der Waals surface area contributed by atoms with Gasteiger partial charge in [-0.15, -0.1) is 0 Å². The van der Waals surface area contributed by atoms with Crippen LogP contribution < -0.4 is 0 Å². The van der Waals surface area contributed by atoms with Gasteiger partial charge >= 0.3 is 0 Å². The van der Waals surface area contributed by atoms with E-state index in [2.05, 4.69) is 17.0 Å². The first-order valence-corrected chi connectivity index (χ1v) is 14.4. The van der Waals surface area contributed by atoms with Crippen molar-refractivity contribution in [1.29, 1.82) is 0 Å². The van der Waals surface area contributed by atoms with Gasteiger partial charge in [-0.25, -0.2) is 8.78 Å². The van der Waals surface area contributed by atoms with Crippen LogP contribution in [0.5, 0.6) is 0 Å². The van der Waals surface area contributed by atoms with Crippen LogP contribution >= 0.6 is 11.6 Å². The Kier molecular flexibility index (Phi) is 8.22. The summed E-state index contributed by atoms with van der Waals surface area (Å²) in [5.41, 5.74) is 1.12. The minimum atomic E-state index is -0.952. The Bertz CT molecular complexity index is 1430. The molecule has 3 aromatic carbocycles. The molecule has 41 heavy (non-hydrogen) atoms. The van der Waals surface area contributed by atoms with Crippen LogP contribution in [0.15, 0.2) is 72.8 Å². The number of likely N-dealkylation sites (tertiary alicyclic amines) is 1. The van der Waals surface area contributed by atoms with Crippen molar-refractivity contribution in [2.45, 2.75) is 43.7 Å². The van der Waals surface area contributed by atoms with Gasteiger partial charge in [-0.05, 0) is 60.1 Å². The van der Waals surface area contributed by atoms with Gasteiger partial charge in [0.1, 0.15) is 0 Å². The summed E-state index contributed by atoms with van der Waals surface area (Å²) in [4.78, 5) is 32.4. The minimum Gasteiger partial charge on any atom is -0.341 e. The lowest BCUT2D eigenvalue weighted by molar-refractivity contribution is -0.136. The van der Waals surface area contributed by atoms with E-state index in [9.17, 15) is 18.4 Å². The predicted octanol–water partition coefficient (Wildman–Crippen LogP) is 6.00. The largest absolute Gasteiger partial charge is 0.341 e. The quantitative estimate of drug-likeness (QED) is 0.329. The van der Waals surface area contributed by atoms with E-state index in [-0.39, 0.29) is 17.7 Å². The van der Waals surface area contributed by atoms with Crippen molar-refractivity contribution in [1.82, 2.24) is 14.7 Å². The minimum absolute atomic E-state index is 0.0222. The maximum atomic E-state index is 14.4. The Hall–Kier alpha value is -3.29. The van der Waals surface area contributed by atoms with Crippen LogP contribution in [0.1, 0.15) is 42.9 Å². The number of likely N-dealkylation sites (N-methyl/N-ethyl adjacent to an activating group) is 1. The Labute approximate surface area is 245 Å². The zero-order chi connectivity index (χ0) is 29.4. The number of hydrogen-bond acceptors (Lipinski definition) is 3. The third-order valence-electron chi connectivity index (χ3n) is 9.22. The van der Waals surface area contributed by atoms with E-state index in [0.29, 0.717) is 30.1 Å². The lowest BCUT2D eigenvalue weighted by atomic mass is 9.79. The van der Waals surface area contributed by atoms with Crippen molar-refractivity contribution in [3.63, 3.8) is 0 Å². The van der Waals surface area contributed by atoms with Crippen LogP contribution in [-0.2, 0) is 27.1 Å². The summed E-state index contributed by atoms with van der Waals surface area (Å²) in [5.74, 6) is -2.04. The van der Waals surface area contributed by atoms with E-state index in [1.165, 1.54) is 12.1 Å². The highest BCUT2D eigenvalue weighted by atomic mass is 35.5. The molecule has 2 fully saturated rings. The molecule has 8 heteroatoms. The van der Waals surface area contributed by atoms with Gasteiger partial charge in [0, 0.05) is 52.2 Å². The molecule has 0 spiro atoms. The molecule has 1 saturated heterocycles. The van der Waals surface area contributed by atoms with Gasteiger partial charge in [-0.2, -0.15) is 0 Å². The molecule has 3 aromatic rings. The van der Waals surface area contributed by atoms with Crippen molar-refractivity contribution in [2.75, 3.05) is 33.7 Å². The van der Waals surface area contributed by atoms with Crippen LogP contribution in [0.2, 0.25) is 5.02 Å². The summed E-state index contributed by atoms with van der Waals surface area (Å²) in [6.45, 7) is 4.07. The van der Waals surface area contributed by atoms with Gasteiger partial charge in [0.2, 0.25) is 11.8 Å². The fourth-order valence-corrected chi connectivity index (χ4v) is 6.84. The maximum absolute atomic E-state index is 14.4. The summed E-state index contributed by atoms with van der Waals surface area (Å²) < 4.78 is 28.3. The van der Waals surface area contributed by atoms with E-state index < -0.39 is 22.6 Å². The van der Waals surface area contributed by atoms with Crippen molar-refractivity contribution in [3.8, 4) is 0 Å². The summed E-state index contributed by atoms with van der Waals surface area (Å²) >= 11 is 6.36. The molecule has 216 valence electrons. The molecule has 1 saturated carbocycles. The molecule has 0 bridgehead atoms. The summed E-state index contributed by atoms with van der Waals surface area (Å²) in [7, 11) is 3.60. The molecule has 2 unspecified atom stereocenters. The summed E-state index contributed by atoms with van der Waals surface area (Å²) in [6, 6.07) is 21.3. The van der Waals surface area contributed by atoms with E-state index >= 15 is 0 Å². The van der Waals surface area contributed by atoms with E-state index in [0.717, 1.165) is 43.1 Å². The van der Waals surface area contributed by atoms with Crippen molar-refractivity contribution in [3.05, 3.63) is 106 Å². The van der Waals surface area contributed by atoms with Gasteiger partial charge in [0.15, 0.2) is 11.6 Å². The Balaban J connectivity index is 1.36. The average Bonchev–Trinajstić information content (AvgIpc) is 3.70. The molecular weight excluding hydrogens is 544 g/mol. The average molecular weight is 580 g/mol. The van der Waals surface area contributed by atoms with Crippen LogP contribution in [0.25, 0.3) is 0 Å². The third kappa shape index (κ3) is 5.50. The second-order valence-corrected chi connectivity index (χ2v) is 11.9. The first kappa shape index (κ1) is 29.2. The number of amides is 2. The van der Waals surface area contributed by atoms with Gasteiger partial charge in [0.25, 0.3) is 0 Å². The van der Waals surface area contributed by atoms with E-state index in [4.69, 9.17) is 11.6 Å². The number of halogens is 3. The van der Waals surface area contributed by atoms with Crippen molar-refractivity contribution in [2.24, 2.45) is 5.92 Å². The number of carbonyl (C=O) groups excluding carboxylic acids is 2. The predicted molar refractivity (Wildman–Crippen MR) is 156 cm³/mol.